The summed E-state index contributed by atoms with van der Waals surface area (Å²) in [6.07, 6.45) is 1.34. The van der Waals surface area contributed by atoms with Crippen LogP contribution in [0, 0.1) is 0 Å². The molecule has 2 aromatic carbocycles. The number of hydrogen-bond acceptors (Lipinski definition) is 2. The zero-order valence-corrected chi connectivity index (χ0v) is 13.7. The van der Waals surface area contributed by atoms with Gasteiger partial charge in [-0.15, -0.1) is 0 Å². The molecule has 0 fully saturated rings. The molecule has 0 saturated heterocycles. The summed E-state index contributed by atoms with van der Waals surface area (Å²) in [5.41, 5.74) is 4.63. The number of fused-ring (bicyclic) bond motifs is 3. The average Bonchev–Trinajstić information content (AvgIpc) is 2.99. The molecule has 0 atom stereocenters. The lowest BCUT2D eigenvalue weighted by molar-refractivity contribution is -0.131. The second-order valence-corrected chi connectivity index (χ2v) is 6.22. The van der Waals surface area contributed by atoms with E-state index in [0.717, 1.165) is 35.5 Å². The fraction of sp³-hybridized carbons (Fsp3) is 0.250. The van der Waals surface area contributed by atoms with Gasteiger partial charge in [0.1, 0.15) is 5.75 Å². The lowest BCUT2D eigenvalue weighted by atomic mass is 10.0. The van der Waals surface area contributed by atoms with Crippen molar-refractivity contribution in [1.82, 2.24) is 9.88 Å². The van der Waals surface area contributed by atoms with E-state index >= 15 is 0 Å². The summed E-state index contributed by atoms with van der Waals surface area (Å²) in [6, 6.07) is 16.0. The molecule has 1 aromatic heterocycles. The van der Waals surface area contributed by atoms with Crippen LogP contribution in [0.25, 0.3) is 10.9 Å². The summed E-state index contributed by atoms with van der Waals surface area (Å²) >= 11 is 0. The molecule has 4 heteroatoms. The van der Waals surface area contributed by atoms with Crippen LogP contribution in [-0.4, -0.2) is 29.4 Å². The maximum absolute atomic E-state index is 12.6. The fourth-order valence-corrected chi connectivity index (χ4v) is 3.44. The van der Waals surface area contributed by atoms with Gasteiger partial charge in [-0.25, -0.2) is 0 Å². The minimum absolute atomic E-state index is 0.183. The van der Waals surface area contributed by atoms with E-state index < -0.39 is 0 Å². The molecule has 0 unspecified atom stereocenters. The van der Waals surface area contributed by atoms with E-state index in [1.54, 1.807) is 7.11 Å². The van der Waals surface area contributed by atoms with Crippen molar-refractivity contribution in [2.45, 2.75) is 19.4 Å². The van der Waals surface area contributed by atoms with E-state index in [4.69, 9.17) is 4.74 Å². The van der Waals surface area contributed by atoms with Gasteiger partial charge in [-0.1, -0.05) is 30.3 Å². The van der Waals surface area contributed by atoms with Crippen molar-refractivity contribution >= 4 is 16.8 Å². The standard InChI is InChI=1S/C20H20N2O2/c1-24-15-7-8-18-17(12-15)16-9-10-22(13-19(16)21-18)20(23)11-14-5-3-2-4-6-14/h2-8,12,21H,9-11,13H2,1H3. The molecule has 24 heavy (non-hydrogen) atoms. The van der Waals surface area contributed by atoms with Crippen LogP contribution >= 0.6 is 0 Å². The molecule has 0 spiro atoms. The van der Waals surface area contributed by atoms with Crippen LogP contribution in [0.1, 0.15) is 16.8 Å². The van der Waals surface area contributed by atoms with E-state index in [2.05, 4.69) is 11.1 Å². The second kappa shape index (κ2) is 6.04. The first-order chi connectivity index (χ1) is 11.7. The van der Waals surface area contributed by atoms with E-state index in [1.807, 2.05) is 47.4 Å². The van der Waals surface area contributed by atoms with Gasteiger partial charge in [0.15, 0.2) is 0 Å². The first kappa shape index (κ1) is 14.8. The number of nitrogens with one attached hydrogen (secondary N) is 1. The molecule has 3 aromatic rings. The first-order valence-electron chi connectivity index (χ1n) is 8.24. The Morgan fingerprint density at radius 1 is 1.21 bits per heavy atom. The Kier molecular flexibility index (Phi) is 3.73. The highest BCUT2D eigenvalue weighted by atomic mass is 16.5. The molecule has 1 aliphatic rings. The minimum atomic E-state index is 0.183. The SMILES string of the molecule is COc1ccc2[nH]c3c(c2c1)CCN(C(=O)Cc1ccccc1)C3. The summed E-state index contributed by atoms with van der Waals surface area (Å²) < 4.78 is 5.33. The number of carbonyl (C=O) groups is 1. The largest absolute Gasteiger partial charge is 0.497 e. The summed E-state index contributed by atoms with van der Waals surface area (Å²) in [7, 11) is 1.68. The highest BCUT2D eigenvalue weighted by molar-refractivity contribution is 5.87. The quantitative estimate of drug-likeness (QED) is 0.805. The first-order valence-corrected chi connectivity index (χ1v) is 8.24. The number of carbonyl (C=O) groups excluding carboxylic acids is 1. The third-order valence-electron chi connectivity index (χ3n) is 4.73. The van der Waals surface area contributed by atoms with E-state index in [9.17, 15) is 4.79 Å². The monoisotopic (exact) mass is 320 g/mol. The van der Waals surface area contributed by atoms with Gasteiger partial charge in [0.05, 0.1) is 20.1 Å². The molecule has 122 valence electrons. The maximum Gasteiger partial charge on any atom is 0.227 e. The van der Waals surface area contributed by atoms with Gasteiger partial charge >= 0.3 is 0 Å². The predicted molar refractivity (Wildman–Crippen MR) is 94.1 cm³/mol. The number of amides is 1. The van der Waals surface area contributed by atoms with Gasteiger partial charge in [-0.3, -0.25) is 4.79 Å². The Morgan fingerprint density at radius 2 is 2.04 bits per heavy atom. The van der Waals surface area contributed by atoms with Gasteiger partial charge < -0.3 is 14.6 Å². The Morgan fingerprint density at radius 3 is 2.83 bits per heavy atom. The van der Waals surface area contributed by atoms with E-state index in [1.165, 1.54) is 10.9 Å². The Hall–Kier alpha value is -2.75. The van der Waals surface area contributed by atoms with Gasteiger partial charge in [-0.2, -0.15) is 0 Å². The normalized spacial score (nSPS) is 13.8. The third kappa shape index (κ3) is 2.64. The molecule has 4 nitrogen and oxygen atoms in total. The molecule has 1 amide bonds. The maximum atomic E-state index is 12.6. The summed E-state index contributed by atoms with van der Waals surface area (Å²) in [4.78, 5) is 18.0. The Bertz CT molecular complexity index is 883. The highest BCUT2D eigenvalue weighted by Gasteiger charge is 2.24. The van der Waals surface area contributed by atoms with Crippen LogP contribution < -0.4 is 4.74 Å². The number of aromatic nitrogens is 1. The van der Waals surface area contributed by atoms with E-state index in [-0.39, 0.29) is 5.91 Å². The van der Waals surface area contributed by atoms with Crippen molar-refractivity contribution in [2.75, 3.05) is 13.7 Å². The summed E-state index contributed by atoms with van der Waals surface area (Å²) in [5.74, 6) is 1.05. The number of methoxy groups -OCH3 is 1. The summed E-state index contributed by atoms with van der Waals surface area (Å²) in [6.45, 7) is 1.42. The lowest BCUT2D eigenvalue weighted by Crippen LogP contribution is -2.36. The average molecular weight is 320 g/mol. The second-order valence-electron chi connectivity index (χ2n) is 6.22. The molecule has 0 aliphatic carbocycles. The summed E-state index contributed by atoms with van der Waals surface area (Å²) in [5, 5.41) is 1.21. The van der Waals surface area contributed by atoms with Gasteiger partial charge in [0.2, 0.25) is 5.91 Å². The van der Waals surface area contributed by atoms with Crippen LogP contribution in [0.5, 0.6) is 5.75 Å². The number of hydrogen-bond donors (Lipinski definition) is 1. The van der Waals surface area contributed by atoms with Gasteiger partial charge in [-0.05, 0) is 35.7 Å². The molecule has 1 aliphatic heterocycles. The number of ether oxygens (including phenoxy) is 1. The number of rotatable bonds is 3. The Balaban J connectivity index is 1.56. The zero-order chi connectivity index (χ0) is 16.5. The van der Waals surface area contributed by atoms with E-state index in [0.29, 0.717) is 13.0 Å². The van der Waals surface area contributed by atoms with Gasteiger partial charge in [0, 0.05) is 23.1 Å². The number of benzene rings is 2. The molecule has 0 bridgehead atoms. The van der Waals surface area contributed by atoms with Crippen LogP contribution in [0.15, 0.2) is 48.5 Å². The Labute approximate surface area is 141 Å². The van der Waals surface area contributed by atoms with Gasteiger partial charge in [0.25, 0.3) is 0 Å². The topological polar surface area (TPSA) is 45.3 Å². The smallest absolute Gasteiger partial charge is 0.227 e. The van der Waals surface area contributed by atoms with Crippen molar-refractivity contribution in [3.05, 3.63) is 65.4 Å². The highest BCUT2D eigenvalue weighted by Crippen LogP contribution is 2.30. The van der Waals surface area contributed by atoms with Crippen molar-refractivity contribution in [1.29, 1.82) is 0 Å². The number of H-pyrrole nitrogens is 1. The van der Waals surface area contributed by atoms with Crippen molar-refractivity contribution in [3.63, 3.8) is 0 Å². The van der Waals surface area contributed by atoms with Crippen molar-refractivity contribution < 1.29 is 9.53 Å². The number of nitrogens with zero attached hydrogens (tertiary/aromatic N) is 1. The van der Waals surface area contributed by atoms with Crippen LogP contribution in [0.2, 0.25) is 0 Å². The molecule has 0 saturated carbocycles. The number of aromatic amines is 1. The lowest BCUT2D eigenvalue weighted by Gasteiger charge is -2.27. The van der Waals surface area contributed by atoms with Crippen LogP contribution in [0.4, 0.5) is 0 Å². The van der Waals surface area contributed by atoms with Crippen molar-refractivity contribution in [2.24, 2.45) is 0 Å². The van der Waals surface area contributed by atoms with Crippen molar-refractivity contribution in [3.8, 4) is 5.75 Å². The molecule has 0 radical (unpaired) electrons. The van der Waals surface area contributed by atoms with Crippen LogP contribution in [0.3, 0.4) is 0 Å². The minimum Gasteiger partial charge on any atom is -0.497 e. The van der Waals surface area contributed by atoms with Crippen LogP contribution in [-0.2, 0) is 24.2 Å². The molecule has 1 N–H and O–H groups in total. The molecular weight excluding hydrogens is 300 g/mol. The third-order valence-corrected chi connectivity index (χ3v) is 4.73. The zero-order valence-electron chi connectivity index (χ0n) is 13.7. The molecular formula is C20H20N2O2. The predicted octanol–water partition coefficient (Wildman–Crippen LogP) is 3.30. The molecule has 4 rings (SSSR count). The fourth-order valence-electron chi connectivity index (χ4n) is 3.44. The molecule has 2 heterocycles.